The van der Waals surface area contributed by atoms with Gasteiger partial charge in [-0.25, -0.2) is 0 Å². The van der Waals surface area contributed by atoms with Crippen LogP contribution in [0.25, 0.3) is 0 Å². The van der Waals surface area contributed by atoms with Gasteiger partial charge in [-0.3, -0.25) is 4.79 Å². The summed E-state index contributed by atoms with van der Waals surface area (Å²) in [4.78, 5) is 11.5. The first-order valence-electron chi connectivity index (χ1n) is 6.71. The van der Waals surface area contributed by atoms with Gasteiger partial charge >= 0.3 is 5.97 Å². The highest BCUT2D eigenvalue weighted by atomic mass is 16.5. The number of carbonyl (C=O) groups is 1. The second-order valence-electron chi connectivity index (χ2n) is 4.95. The minimum Gasteiger partial charge on any atom is -0.465 e. The number of carbonyl (C=O) groups excluding carboxylic acids is 1. The molecule has 0 radical (unpaired) electrons. The van der Waals surface area contributed by atoms with Crippen molar-refractivity contribution in [3.05, 3.63) is 0 Å². The van der Waals surface area contributed by atoms with Gasteiger partial charge in [-0.1, -0.05) is 0 Å². The van der Waals surface area contributed by atoms with Gasteiger partial charge in [0.25, 0.3) is 0 Å². The average molecular weight is 259 g/mol. The number of ether oxygens (including phenoxy) is 3. The molecule has 1 rings (SSSR count). The number of rotatable bonds is 8. The van der Waals surface area contributed by atoms with E-state index in [2.05, 4.69) is 0 Å². The molecule has 1 saturated heterocycles. The molecule has 18 heavy (non-hydrogen) atoms. The standard InChI is InChI=1S/C13H25NO4/c1-3-17-12(15)13(2,14)7-5-8-16-10-11-6-4-9-18-11/h11H,3-10,14H2,1-2H3. The van der Waals surface area contributed by atoms with Gasteiger partial charge in [-0.2, -0.15) is 0 Å². The van der Waals surface area contributed by atoms with E-state index in [1.165, 1.54) is 0 Å². The zero-order valence-electron chi connectivity index (χ0n) is 11.4. The summed E-state index contributed by atoms with van der Waals surface area (Å²) in [7, 11) is 0. The molecular weight excluding hydrogens is 234 g/mol. The zero-order chi connectivity index (χ0) is 13.4. The molecule has 0 amide bonds. The molecule has 106 valence electrons. The van der Waals surface area contributed by atoms with Gasteiger partial charge in [-0.05, 0) is 39.5 Å². The molecule has 0 saturated carbocycles. The van der Waals surface area contributed by atoms with E-state index >= 15 is 0 Å². The van der Waals surface area contributed by atoms with Gasteiger partial charge in [0.2, 0.25) is 0 Å². The van der Waals surface area contributed by atoms with E-state index in [4.69, 9.17) is 19.9 Å². The third-order valence-electron chi connectivity index (χ3n) is 3.05. The lowest BCUT2D eigenvalue weighted by Crippen LogP contribution is -2.46. The third-order valence-corrected chi connectivity index (χ3v) is 3.05. The summed E-state index contributed by atoms with van der Waals surface area (Å²) in [6, 6.07) is 0. The van der Waals surface area contributed by atoms with Crippen molar-refractivity contribution in [3.8, 4) is 0 Å². The second-order valence-corrected chi connectivity index (χ2v) is 4.95. The molecule has 0 aromatic carbocycles. The maximum atomic E-state index is 11.5. The molecule has 1 heterocycles. The Morgan fingerprint density at radius 3 is 2.94 bits per heavy atom. The van der Waals surface area contributed by atoms with Gasteiger partial charge in [0, 0.05) is 13.2 Å². The summed E-state index contributed by atoms with van der Waals surface area (Å²) in [5.74, 6) is -0.343. The first-order chi connectivity index (χ1) is 8.56. The summed E-state index contributed by atoms with van der Waals surface area (Å²) in [5.41, 5.74) is 4.98. The van der Waals surface area contributed by atoms with Crippen LogP contribution in [-0.2, 0) is 19.0 Å². The van der Waals surface area contributed by atoms with Crippen molar-refractivity contribution in [2.24, 2.45) is 5.73 Å². The first-order valence-corrected chi connectivity index (χ1v) is 6.71. The Hall–Kier alpha value is -0.650. The van der Waals surface area contributed by atoms with E-state index in [0.717, 1.165) is 25.9 Å². The van der Waals surface area contributed by atoms with Crippen LogP contribution in [0.4, 0.5) is 0 Å². The van der Waals surface area contributed by atoms with Crippen molar-refractivity contribution in [2.45, 2.75) is 51.2 Å². The van der Waals surface area contributed by atoms with Crippen molar-refractivity contribution < 1.29 is 19.0 Å². The summed E-state index contributed by atoms with van der Waals surface area (Å²) in [6.07, 6.45) is 3.77. The van der Waals surface area contributed by atoms with Crippen LogP contribution in [0.3, 0.4) is 0 Å². The predicted octanol–water partition coefficient (Wildman–Crippen LogP) is 1.24. The fourth-order valence-electron chi connectivity index (χ4n) is 1.93. The predicted molar refractivity (Wildman–Crippen MR) is 68.3 cm³/mol. The minimum absolute atomic E-state index is 0.249. The topological polar surface area (TPSA) is 70.8 Å². The molecule has 0 aromatic rings. The highest BCUT2D eigenvalue weighted by Gasteiger charge is 2.29. The van der Waals surface area contributed by atoms with Gasteiger partial charge in [0.1, 0.15) is 5.54 Å². The largest absolute Gasteiger partial charge is 0.465 e. The molecule has 0 bridgehead atoms. The molecule has 0 aromatic heterocycles. The number of hydrogen-bond donors (Lipinski definition) is 1. The molecule has 1 aliphatic heterocycles. The van der Waals surface area contributed by atoms with Crippen molar-refractivity contribution in [1.29, 1.82) is 0 Å². The van der Waals surface area contributed by atoms with Crippen LogP contribution in [0, 0.1) is 0 Å². The Morgan fingerprint density at radius 2 is 2.33 bits per heavy atom. The second kappa shape index (κ2) is 7.71. The molecule has 0 aliphatic carbocycles. The van der Waals surface area contributed by atoms with Crippen molar-refractivity contribution >= 4 is 5.97 Å². The molecule has 1 fully saturated rings. The van der Waals surface area contributed by atoms with E-state index in [-0.39, 0.29) is 12.1 Å². The Labute approximate surface area is 109 Å². The minimum atomic E-state index is -0.913. The van der Waals surface area contributed by atoms with Gasteiger partial charge in [0.15, 0.2) is 0 Å². The van der Waals surface area contributed by atoms with E-state index in [9.17, 15) is 4.79 Å². The Kier molecular flexibility index (Phi) is 6.60. The molecule has 2 atom stereocenters. The fraction of sp³-hybridized carbons (Fsp3) is 0.923. The van der Waals surface area contributed by atoms with Crippen LogP contribution >= 0.6 is 0 Å². The lowest BCUT2D eigenvalue weighted by Gasteiger charge is -2.22. The number of nitrogens with two attached hydrogens (primary N) is 1. The van der Waals surface area contributed by atoms with Crippen LogP contribution in [0.5, 0.6) is 0 Å². The molecule has 0 spiro atoms. The zero-order valence-corrected chi connectivity index (χ0v) is 11.4. The van der Waals surface area contributed by atoms with Crippen molar-refractivity contribution in [2.75, 3.05) is 26.4 Å². The summed E-state index contributed by atoms with van der Waals surface area (Å²) < 4.78 is 15.9. The fourth-order valence-corrected chi connectivity index (χ4v) is 1.93. The van der Waals surface area contributed by atoms with Crippen LogP contribution < -0.4 is 5.73 Å². The van der Waals surface area contributed by atoms with Gasteiger partial charge < -0.3 is 19.9 Å². The van der Waals surface area contributed by atoms with E-state index < -0.39 is 5.54 Å². The van der Waals surface area contributed by atoms with Crippen molar-refractivity contribution in [1.82, 2.24) is 0 Å². The summed E-state index contributed by atoms with van der Waals surface area (Å²) >= 11 is 0. The quantitative estimate of drug-likeness (QED) is 0.524. The highest BCUT2D eigenvalue weighted by molar-refractivity contribution is 5.79. The van der Waals surface area contributed by atoms with Crippen LogP contribution in [-0.4, -0.2) is 44.0 Å². The van der Waals surface area contributed by atoms with Crippen LogP contribution in [0.1, 0.15) is 39.5 Å². The molecule has 5 nitrogen and oxygen atoms in total. The Bertz CT molecular complexity index is 249. The highest BCUT2D eigenvalue weighted by Crippen LogP contribution is 2.14. The normalized spacial score (nSPS) is 22.7. The van der Waals surface area contributed by atoms with Crippen LogP contribution in [0.15, 0.2) is 0 Å². The molecule has 2 N–H and O–H groups in total. The Balaban J connectivity index is 2.06. The number of hydrogen-bond acceptors (Lipinski definition) is 5. The van der Waals surface area contributed by atoms with E-state index in [1.54, 1.807) is 13.8 Å². The molecular formula is C13H25NO4. The van der Waals surface area contributed by atoms with Crippen molar-refractivity contribution in [3.63, 3.8) is 0 Å². The van der Waals surface area contributed by atoms with Crippen LogP contribution in [0.2, 0.25) is 0 Å². The Morgan fingerprint density at radius 1 is 1.56 bits per heavy atom. The smallest absolute Gasteiger partial charge is 0.325 e. The molecule has 1 aliphatic rings. The van der Waals surface area contributed by atoms with E-state index in [0.29, 0.717) is 26.2 Å². The number of esters is 1. The molecule has 5 heteroatoms. The third kappa shape index (κ3) is 5.33. The van der Waals surface area contributed by atoms with Gasteiger partial charge in [-0.15, -0.1) is 0 Å². The first kappa shape index (κ1) is 15.4. The maximum Gasteiger partial charge on any atom is 0.325 e. The maximum absolute atomic E-state index is 11.5. The summed E-state index contributed by atoms with van der Waals surface area (Å²) in [6.45, 7) is 5.93. The lowest BCUT2D eigenvalue weighted by atomic mass is 9.98. The van der Waals surface area contributed by atoms with Gasteiger partial charge in [0.05, 0.1) is 19.3 Å². The SMILES string of the molecule is CCOC(=O)C(C)(N)CCCOCC1CCCO1. The average Bonchev–Trinajstić information content (AvgIpc) is 2.82. The molecule has 2 unspecified atom stereocenters. The van der Waals surface area contributed by atoms with E-state index in [1.807, 2.05) is 0 Å². The summed E-state index contributed by atoms with van der Waals surface area (Å²) in [5, 5.41) is 0. The monoisotopic (exact) mass is 259 g/mol. The lowest BCUT2D eigenvalue weighted by molar-refractivity contribution is -0.149.